The molecule has 1 saturated heterocycles. The molecule has 2 heterocycles. The van der Waals surface area contributed by atoms with Crippen LogP contribution in [0.4, 0.5) is 4.39 Å². The largest absolute Gasteiger partial charge is 0.322 e. The lowest BCUT2D eigenvalue weighted by Crippen LogP contribution is -2.43. The molecule has 19 heavy (non-hydrogen) atoms. The zero-order valence-electron chi connectivity index (χ0n) is 10.6. The first kappa shape index (κ1) is 12.3. The van der Waals surface area contributed by atoms with Crippen molar-refractivity contribution < 1.29 is 4.39 Å². The Kier molecular flexibility index (Phi) is 3.31. The van der Waals surface area contributed by atoms with Crippen LogP contribution in [0, 0.1) is 5.82 Å². The Labute approximate surface area is 110 Å². The van der Waals surface area contributed by atoms with Gasteiger partial charge in [0.25, 0.3) is 5.56 Å². The molecule has 4 nitrogen and oxygen atoms in total. The van der Waals surface area contributed by atoms with Crippen molar-refractivity contribution in [2.45, 2.75) is 6.54 Å². The van der Waals surface area contributed by atoms with Crippen molar-refractivity contribution in [3.8, 4) is 0 Å². The molecule has 0 unspecified atom stereocenters. The van der Waals surface area contributed by atoms with E-state index in [1.165, 1.54) is 12.1 Å². The van der Waals surface area contributed by atoms with E-state index in [4.69, 9.17) is 0 Å². The molecule has 1 aliphatic rings. The molecule has 1 aliphatic heterocycles. The molecule has 1 aromatic carbocycles. The van der Waals surface area contributed by atoms with E-state index in [1.807, 2.05) is 0 Å². The van der Waals surface area contributed by atoms with Crippen LogP contribution in [0.3, 0.4) is 0 Å². The average Bonchev–Trinajstić information content (AvgIpc) is 2.41. The second kappa shape index (κ2) is 5.11. The van der Waals surface area contributed by atoms with E-state index in [1.54, 1.807) is 12.1 Å². The number of rotatable bonds is 2. The molecule has 5 heteroatoms. The van der Waals surface area contributed by atoms with Crippen molar-refractivity contribution in [3.05, 3.63) is 46.0 Å². The van der Waals surface area contributed by atoms with Gasteiger partial charge >= 0.3 is 0 Å². The summed E-state index contributed by atoms with van der Waals surface area (Å²) in [5.74, 6) is -0.285. The second-order valence-electron chi connectivity index (χ2n) is 4.88. The Morgan fingerprint density at radius 1 is 1.21 bits per heavy atom. The summed E-state index contributed by atoms with van der Waals surface area (Å²) in [6, 6.07) is 6.20. The highest BCUT2D eigenvalue weighted by molar-refractivity contribution is 5.78. The third kappa shape index (κ3) is 2.67. The fraction of sp³-hybridized carbons (Fsp3) is 0.357. The number of nitrogens with zero attached hydrogens (tertiary/aromatic N) is 1. The maximum Gasteiger partial charge on any atom is 0.252 e. The van der Waals surface area contributed by atoms with Gasteiger partial charge in [-0.05, 0) is 24.3 Å². The Balaban J connectivity index is 1.93. The van der Waals surface area contributed by atoms with Gasteiger partial charge in [0.15, 0.2) is 0 Å². The van der Waals surface area contributed by atoms with Gasteiger partial charge in [0.05, 0.1) is 0 Å². The number of nitrogens with one attached hydrogen (secondary N) is 2. The SMILES string of the molecule is O=c1[nH]c2ccc(F)cc2cc1CN1CCNCC1. The fourth-order valence-electron chi connectivity index (χ4n) is 2.45. The van der Waals surface area contributed by atoms with Crippen molar-refractivity contribution in [2.75, 3.05) is 26.2 Å². The predicted molar refractivity (Wildman–Crippen MR) is 72.7 cm³/mol. The van der Waals surface area contributed by atoms with E-state index in [0.29, 0.717) is 17.6 Å². The highest BCUT2D eigenvalue weighted by Crippen LogP contribution is 2.13. The smallest absolute Gasteiger partial charge is 0.252 e. The van der Waals surface area contributed by atoms with Gasteiger partial charge < -0.3 is 10.3 Å². The van der Waals surface area contributed by atoms with Gasteiger partial charge in [-0.3, -0.25) is 9.69 Å². The lowest BCUT2D eigenvalue weighted by molar-refractivity contribution is 0.232. The van der Waals surface area contributed by atoms with Gasteiger partial charge in [0.2, 0.25) is 0 Å². The molecule has 1 aromatic heterocycles. The summed E-state index contributed by atoms with van der Waals surface area (Å²) in [5, 5.41) is 4.02. The van der Waals surface area contributed by atoms with E-state index in [-0.39, 0.29) is 11.4 Å². The summed E-state index contributed by atoms with van der Waals surface area (Å²) in [7, 11) is 0. The Bertz CT molecular complexity index is 647. The van der Waals surface area contributed by atoms with Gasteiger partial charge in [0.1, 0.15) is 5.82 Å². The number of pyridine rings is 1. The topological polar surface area (TPSA) is 48.1 Å². The monoisotopic (exact) mass is 261 g/mol. The van der Waals surface area contributed by atoms with Crippen molar-refractivity contribution >= 4 is 10.9 Å². The molecular formula is C14H16FN3O. The molecule has 0 bridgehead atoms. The zero-order chi connectivity index (χ0) is 13.2. The van der Waals surface area contributed by atoms with Gasteiger partial charge in [0, 0.05) is 49.2 Å². The molecule has 0 saturated carbocycles. The number of piperazine rings is 1. The number of hydrogen-bond donors (Lipinski definition) is 2. The molecule has 2 aromatic rings. The molecule has 0 atom stereocenters. The number of hydrogen-bond acceptors (Lipinski definition) is 3. The quantitative estimate of drug-likeness (QED) is 0.850. The number of halogens is 1. The maximum atomic E-state index is 13.2. The van der Waals surface area contributed by atoms with Crippen molar-refractivity contribution in [3.63, 3.8) is 0 Å². The normalized spacial score (nSPS) is 16.9. The van der Waals surface area contributed by atoms with Crippen LogP contribution >= 0.6 is 0 Å². The summed E-state index contributed by atoms with van der Waals surface area (Å²) in [6.07, 6.45) is 0. The Morgan fingerprint density at radius 3 is 2.79 bits per heavy atom. The molecule has 2 N–H and O–H groups in total. The third-order valence-corrected chi connectivity index (χ3v) is 3.49. The van der Waals surface area contributed by atoms with Crippen LogP contribution in [0.25, 0.3) is 10.9 Å². The minimum Gasteiger partial charge on any atom is -0.322 e. The first-order valence-corrected chi connectivity index (χ1v) is 6.47. The molecule has 0 aliphatic carbocycles. The number of aromatic nitrogens is 1. The van der Waals surface area contributed by atoms with E-state index >= 15 is 0 Å². The van der Waals surface area contributed by atoms with Crippen LogP contribution in [-0.2, 0) is 6.54 Å². The predicted octanol–water partition coefficient (Wildman–Crippen LogP) is 1.07. The third-order valence-electron chi connectivity index (χ3n) is 3.49. The number of H-pyrrole nitrogens is 1. The molecule has 3 rings (SSSR count). The lowest BCUT2D eigenvalue weighted by atomic mass is 10.1. The van der Waals surface area contributed by atoms with Gasteiger partial charge in [-0.25, -0.2) is 4.39 Å². The summed E-state index contributed by atoms with van der Waals surface area (Å²) in [6.45, 7) is 4.37. The molecule has 100 valence electrons. The standard InChI is InChI=1S/C14H16FN3O/c15-12-1-2-13-10(8-12)7-11(14(19)17-13)9-18-5-3-16-4-6-18/h1-2,7-8,16H,3-6,9H2,(H,17,19). The minimum atomic E-state index is -0.285. The van der Waals surface area contributed by atoms with Crippen molar-refractivity contribution in [1.29, 1.82) is 0 Å². The second-order valence-corrected chi connectivity index (χ2v) is 4.88. The Hall–Kier alpha value is -1.72. The summed E-state index contributed by atoms with van der Waals surface area (Å²) in [4.78, 5) is 17.0. The van der Waals surface area contributed by atoms with Crippen LogP contribution in [-0.4, -0.2) is 36.1 Å². The highest BCUT2D eigenvalue weighted by Gasteiger charge is 2.12. The van der Waals surface area contributed by atoms with Crippen LogP contribution < -0.4 is 10.9 Å². The molecular weight excluding hydrogens is 245 g/mol. The van der Waals surface area contributed by atoms with Gasteiger partial charge in [-0.1, -0.05) is 0 Å². The van der Waals surface area contributed by atoms with Crippen LogP contribution in [0.2, 0.25) is 0 Å². The molecule has 0 amide bonds. The van der Waals surface area contributed by atoms with Crippen molar-refractivity contribution in [1.82, 2.24) is 15.2 Å². The Morgan fingerprint density at radius 2 is 2.00 bits per heavy atom. The average molecular weight is 261 g/mol. The maximum absolute atomic E-state index is 13.2. The van der Waals surface area contributed by atoms with E-state index in [2.05, 4.69) is 15.2 Å². The van der Waals surface area contributed by atoms with E-state index < -0.39 is 0 Å². The van der Waals surface area contributed by atoms with Gasteiger partial charge in [-0.2, -0.15) is 0 Å². The molecule has 1 fully saturated rings. The van der Waals surface area contributed by atoms with Crippen LogP contribution in [0.1, 0.15) is 5.56 Å². The summed E-state index contributed by atoms with van der Waals surface area (Å²) < 4.78 is 13.2. The number of benzene rings is 1. The van der Waals surface area contributed by atoms with E-state index in [9.17, 15) is 9.18 Å². The number of aromatic amines is 1. The van der Waals surface area contributed by atoms with Crippen molar-refractivity contribution in [2.24, 2.45) is 0 Å². The van der Waals surface area contributed by atoms with Crippen LogP contribution in [0.15, 0.2) is 29.1 Å². The summed E-state index contributed by atoms with van der Waals surface area (Å²) in [5.41, 5.74) is 1.29. The highest BCUT2D eigenvalue weighted by atomic mass is 19.1. The van der Waals surface area contributed by atoms with Gasteiger partial charge in [-0.15, -0.1) is 0 Å². The first-order chi connectivity index (χ1) is 9.22. The lowest BCUT2D eigenvalue weighted by Gasteiger charge is -2.26. The summed E-state index contributed by atoms with van der Waals surface area (Å²) >= 11 is 0. The minimum absolute atomic E-state index is 0.0855. The zero-order valence-corrected chi connectivity index (χ0v) is 10.6. The fourth-order valence-corrected chi connectivity index (χ4v) is 2.45. The molecule has 0 spiro atoms. The van der Waals surface area contributed by atoms with E-state index in [0.717, 1.165) is 31.6 Å². The van der Waals surface area contributed by atoms with Crippen LogP contribution in [0.5, 0.6) is 0 Å². The first-order valence-electron chi connectivity index (χ1n) is 6.47. The number of fused-ring (bicyclic) bond motifs is 1. The molecule has 0 radical (unpaired) electrons.